The van der Waals surface area contributed by atoms with E-state index in [2.05, 4.69) is 15.3 Å². The summed E-state index contributed by atoms with van der Waals surface area (Å²) in [6.45, 7) is 6.25. The largest absolute Gasteiger partial charge is 0.508 e. The number of para-hydroxylation sites is 1. The third-order valence-corrected chi connectivity index (χ3v) is 2.62. The third-order valence-electron chi connectivity index (χ3n) is 2.62. The second-order valence-corrected chi connectivity index (χ2v) is 4.82. The van der Waals surface area contributed by atoms with Gasteiger partial charge >= 0.3 is 0 Å². The van der Waals surface area contributed by atoms with Crippen LogP contribution in [0.2, 0.25) is 0 Å². The Kier molecular flexibility index (Phi) is 4.40. The lowest BCUT2D eigenvalue weighted by molar-refractivity contribution is 0.232. The molecule has 2 rings (SSSR count). The Balaban J connectivity index is 2.09. The van der Waals surface area contributed by atoms with Gasteiger partial charge in [-0.05, 0) is 26.8 Å². The quantitative estimate of drug-likeness (QED) is 0.876. The number of ether oxygens (including phenoxy) is 1. The third kappa shape index (κ3) is 3.85. The summed E-state index contributed by atoms with van der Waals surface area (Å²) in [5, 5.41) is 12.8. The number of aryl methyl sites for hydroxylation is 1. The molecule has 0 atom stereocenters. The Hall–Kier alpha value is -2.30. The van der Waals surface area contributed by atoms with Gasteiger partial charge in [0, 0.05) is 23.9 Å². The van der Waals surface area contributed by atoms with E-state index >= 15 is 0 Å². The lowest BCUT2D eigenvalue weighted by Crippen LogP contribution is -2.10. The molecule has 1 aromatic carbocycles. The highest BCUT2D eigenvalue weighted by Gasteiger charge is 2.06. The number of hydrogen-bond donors (Lipinski definition) is 2. The van der Waals surface area contributed by atoms with E-state index in [1.54, 1.807) is 18.2 Å². The molecule has 0 fully saturated rings. The number of benzene rings is 1. The van der Waals surface area contributed by atoms with Crippen molar-refractivity contribution in [1.29, 1.82) is 0 Å². The average molecular weight is 273 g/mol. The molecule has 0 aliphatic rings. The Morgan fingerprint density at radius 1 is 1.25 bits per heavy atom. The number of aromatic hydroxyl groups is 1. The van der Waals surface area contributed by atoms with Crippen LogP contribution in [0.5, 0.6) is 11.6 Å². The van der Waals surface area contributed by atoms with Gasteiger partial charge in [0.25, 0.3) is 0 Å². The molecule has 0 saturated heterocycles. The first-order valence-corrected chi connectivity index (χ1v) is 6.57. The molecule has 106 valence electrons. The van der Waals surface area contributed by atoms with Gasteiger partial charge in [-0.1, -0.05) is 18.2 Å². The van der Waals surface area contributed by atoms with Gasteiger partial charge in [0.1, 0.15) is 5.75 Å². The molecule has 0 bridgehead atoms. The highest BCUT2D eigenvalue weighted by molar-refractivity contribution is 5.37. The van der Waals surface area contributed by atoms with Gasteiger partial charge < -0.3 is 15.2 Å². The number of nitrogens with one attached hydrogen (secondary N) is 1. The molecule has 0 aliphatic carbocycles. The first kappa shape index (κ1) is 14.1. The molecule has 0 aliphatic heterocycles. The lowest BCUT2D eigenvalue weighted by Gasteiger charge is -2.11. The molecule has 0 unspecified atom stereocenters. The van der Waals surface area contributed by atoms with Crippen molar-refractivity contribution < 1.29 is 9.84 Å². The number of phenolic OH excluding ortho intramolecular Hbond substituents is 1. The predicted molar refractivity (Wildman–Crippen MR) is 78.0 cm³/mol. The Morgan fingerprint density at radius 2 is 2.00 bits per heavy atom. The Labute approximate surface area is 118 Å². The van der Waals surface area contributed by atoms with Crippen molar-refractivity contribution in [3.05, 3.63) is 41.6 Å². The molecule has 0 amide bonds. The van der Waals surface area contributed by atoms with Crippen LogP contribution in [-0.2, 0) is 6.54 Å². The second-order valence-electron chi connectivity index (χ2n) is 4.82. The molecule has 0 spiro atoms. The van der Waals surface area contributed by atoms with Crippen molar-refractivity contribution in [2.75, 3.05) is 5.32 Å². The first-order chi connectivity index (χ1) is 9.54. The molecular weight excluding hydrogens is 254 g/mol. The van der Waals surface area contributed by atoms with E-state index < -0.39 is 0 Å². The fourth-order valence-corrected chi connectivity index (χ4v) is 1.76. The summed E-state index contributed by atoms with van der Waals surface area (Å²) in [6, 6.07) is 8.97. The zero-order valence-electron chi connectivity index (χ0n) is 11.9. The van der Waals surface area contributed by atoms with E-state index in [9.17, 15) is 5.11 Å². The standard InChI is InChI=1S/C15H19N3O2/c1-10(2)20-14-8-11(3)17-15(18-14)16-9-12-6-4-5-7-13(12)19/h4-8,10,19H,9H2,1-3H3,(H,16,17,18). The van der Waals surface area contributed by atoms with Gasteiger partial charge in [-0.15, -0.1) is 0 Å². The average Bonchev–Trinajstić information content (AvgIpc) is 2.36. The molecule has 0 saturated carbocycles. The van der Waals surface area contributed by atoms with Crippen LogP contribution in [0, 0.1) is 6.92 Å². The minimum absolute atomic E-state index is 0.0651. The number of anilines is 1. The normalized spacial score (nSPS) is 10.6. The maximum Gasteiger partial charge on any atom is 0.226 e. The smallest absolute Gasteiger partial charge is 0.226 e. The molecule has 0 radical (unpaired) electrons. The van der Waals surface area contributed by atoms with E-state index in [1.807, 2.05) is 32.9 Å². The summed E-state index contributed by atoms with van der Waals surface area (Å²) in [7, 11) is 0. The van der Waals surface area contributed by atoms with Gasteiger partial charge in [-0.25, -0.2) is 4.98 Å². The Bertz CT molecular complexity index is 585. The highest BCUT2D eigenvalue weighted by atomic mass is 16.5. The highest BCUT2D eigenvalue weighted by Crippen LogP contribution is 2.18. The van der Waals surface area contributed by atoms with Crippen molar-refractivity contribution in [1.82, 2.24) is 9.97 Å². The van der Waals surface area contributed by atoms with Crippen molar-refractivity contribution in [3.63, 3.8) is 0 Å². The van der Waals surface area contributed by atoms with Crippen molar-refractivity contribution in [2.45, 2.75) is 33.4 Å². The summed E-state index contributed by atoms with van der Waals surface area (Å²) in [6.07, 6.45) is 0.0651. The van der Waals surface area contributed by atoms with Crippen LogP contribution in [0.4, 0.5) is 5.95 Å². The van der Waals surface area contributed by atoms with Crippen LogP contribution >= 0.6 is 0 Å². The molecule has 1 heterocycles. The summed E-state index contributed by atoms with van der Waals surface area (Å²) in [4.78, 5) is 8.59. The van der Waals surface area contributed by atoms with Crippen LogP contribution in [0.3, 0.4) is 0 Å². The van der Waals surface area contributed by atoms with Gasteiger partial charge in [0.05, 0.1) is 6.10 Å². The summed E-state index contributed by atoms with van der Waals surface area (Å²) in [5.74, 6) is 1.29. The summed E-state index contributed by atoms with van der Waals surface area (Å²) in [5.41, 5.74) is 1.62. The molecule has 2 N–H and O–H groups in total. The summed E-state index contributed by atoms with van der Waals surface area (Å²) >= 11 is 0. The van der Waals surface area contributed by atoms with Crippen LogP contribution in [0.1, 0.15) is 25.1 Å². The maximum absolute atomic E-state index is 9.71. The molecule has 5 heteroatoms. The number of rotatable bonds is 5. The number of nitrogens with zero attached hydrogens (tertiary/aromatic N) is 2. The SMILES string of the molecule is Cc1cc(OC(C)C)nc(NCc2ccccc2O)n1. The van der Waals surface area contributed by atoms with Crippen LogP contribution < -0.4 is 10.1 Å². The monoisotopic (exact) mass is 273 g/mol. The first-order valence-electron chi connectivity index (χ1n) is 6.57. The molecule has 2 aromatic rings. The minimum atomic E-state index is 0.0651. The van der Waals surface area contributed by atoms with Crippen LogP contribution in [0.15, 0.2) is 30.3 Å². The maximum atomic E-state index is 9.71. The molecule has 5 nitrogen and oxygen atoms in total. The van der Waals surface area contributed by atoms with Crippen molar-refractivity contribution in [2.24, 2.45) is 0 Å². The fourth-order valence-electron chi connectivity index (χ4n) is 1.76. The number of hydrogen-bond acceptors (Lipinski definition) is 5. The van der Waals surface area contributed by atoms with Gasteiger partial charge in [-0.2, -0.15) is 4.98 Å². The minimum Gasteiger partial charge on any atom is -0.508 e. The van der Waals surface area contributed by atoms with E-state index in [4.69, 9.17) is 4.74 Å². The molecular formula is C15H19N3O2. The topological polar surface area (TPSA) is 67.3 Å². The van der Waals surface area contributed by atoms with E-state index in [0.717, 1.165) is 11.3 Å². The van der Waals surface area contributed by atoms with E-state index in [0.29, 0.717) is 18.4 Å². The molecule has 20 heavy (non-hydrogen) atoms. The number of aromatic nitrogens is 2. The van der Waals surface area contributed by atoms with Gasteiger partial charge in [0.15, 0.2) is 0 Å². The van der Waals surface area contributed by atoms with E-state index in [1.165, 1.54) is 0 Å². The zero-order valence-corrected chi connectivity index (χ0v) is 11.9. The van der Waals surface area contributed by atoms with E-state index in [-0.39, 0.29) is 11.9 Å². The number of phenols is 1. The second kappa shape index (κ2) is 6.23. The fraction of sp³-hybridized carbons (Fsp3) is 0.333. The van der Waals surface area contributed by atoms with Gasteiger partial charge in [0.2, 0.25) is 11.8 Å². The lowest BCUT2D eigenvalue weighted by atomic mass is 10.2. The Morgan fingerprint density at radius 3 is 2.70 bits per heavy atom. The predicted octanol–water partition coefficient (Wildman–Crippen LogP) is 2.89. The van der Waals surface area contributed by atoms with Crippen LogP contribution in [0.25, 0.3) is 0 Å². The van der Waals surface area contributed by atoms with Gasteiger partial charge in [-0.3, -0.25) is 0 Å². The van der Waals surface area contributed by atoms with Crippen LogP contribution in [-0.4, -0.2) is 21.2 Å². The summed E-state index contributed by atoms with van der Waals surface area (Å²) < 4.78 is 5.57. The molecule has 1 aromatic heterocycles. The van der Waals surface area contributed by atoms with Crippen molar-refractivity contribution in [3.8, 4) is 11.6 Å². The zero-order chi connectivity index (χ0) is 14.5. The van der Waals surface area contributed by atoms with Crippen molar-refractivity contribution >= 4 is 5.95 Å².